The lowest BCUT2D eigenvalue weighted by molar-refractivity contribution is -0.121. The van der Waals surface area contributed by atoms with E-state index in [-0.39, 0.29) is 28.5 Å². The molecule has 2 saturated carbocycles. The molecule has 0 aromatic rings. The average molecular weight is 309 g/mol. The second-order valence-corrected chi connectivity index (χ2v) is 8.17. The molecule has 116 valence electrons. The summed E-state index contributed by atoms with van der Waals surface area (Å²) in [7, 11) is 0. The van der Waals surface area contributed by atoms with Gasteiger partial charge in [0.05, 0.1) is 0 Å². The molecule has 3 aliphatic rings. The minimum absolute atomic E-state index is 0.00850. The Hall–Kier alpha value is -1.04. The molecule has 1 N–H and O–H groups in total. The summed E-state index contributed by atoms with van der Waals surface area (Å²) >= 11 is 1.27. The highest BCUT2D eigenvalue weighted by Crippen LogP contribution is 2.63. The van der Waals surface area contributed by atoms with Crippen LogP contribution in [0.15, 0.2) is 5.10 Å². The molecule has 2 amide bonds. The second kappa shape index (κ2) is 5.00. The van der Waals surface area contributed by atoms with E-state index in [2.05, 4.69) is 31.3 Å². The highest BCUT2D eigenvalue weighted by atomic mass is 32.2. The number of fused-ring (bicyclic) bond motifs is 2. The molecule has 0 aromatic carbocycles. The van der Waals surface area contributed by atoms with Crippen molar-refractivity contribution in [3.8, 4) is 0 Å². The summed E-state index contributed by atoms with van der Waals surface area (Å²) in [6.45, 7) is 7.67. The highest BCUT2D eigenvalue weighted by molar-refractivity contribution is 8.13. The Balaban J connectivity index is 1.62. The molecule has 0 aromatic heterocycles. The molecule has 2 bridgehead atoms. The van der Waals surface area contributed by atoms with Crippen molar-refractivity contribution in [2.75, 3.05) is 18.8 Å². The van der Waals surface area contributed by atoms with E-state index in [0.717, 1.165) is 24.3 Å². The molecule has 0 radical (unpaired) electrons. The highest BCUT2D eigenvalue weighted by Gasteiger charge is 2.60. The topological polar surface area (TPSA) is 61.8 Å². The molecule has 0 spiro atoms. The first-order chi connectivity index (χ1) is 9.84. The number of rotatable bonds is 3. The maximum atomic E-state index is 12.0. The van der Waals surface area contributed by atoms with Crippen LogP contribution in [-0.4, -0.2) is 40.6 Å². The molecule has 3 fully saturated rings. The van der Waals surface area contributed by atoms with Gasteiger partial charge in [-0.1, -0.05) is 32.5 Å². The van der Waals surface area contributed by atoms with Crippen molar-refractivity contribution in [3.63, 3.8) is 0 Å². The molecular formula is C15H23N3O2S. The maximum Gasteiger partial charge on any atom is 0.282 e. The number of hydrogen-bond acceptors (Lipinski definition) is 4. The van der Waals surface area contributed by atoms with Gasteiger partial charge in [0, 0.05) is 23.4 Å². The molecule has 1 aliphatic heterocycles. The van der Waals surface area contributed by atoms with Gasteiger partial charge >= 0.3 is 0 Å². The van der Waals surface area contributed by atoms with E-state index in [1.807, 2.05) is 0 Å². The van der Waals surface area contributed by atoms with E-state index < -0.39 is 0 Å². The quantitative estimate of drug-likeness (QED) is 0.815. The Morgan fingerprint density at radius 1 is 1.48 bits per heavy atom. The van der Waals surface area contributed by atoms with Gasteiger partial charge in [0.25, 0.3) is 11.1 Å². The van der Waals surface area contributed by atoms with E-state index in [1.165, 1.54) is 18.2 Å². The minimum Gasteiger partial charge on any atom is -0.323 e. The lowest BCUT2D eigenvalue weighted by atomic mass is 9.70. The van der Waals surface area contributed by atoms with E-state index in [1.54, 1.807) is 4.90 Å². The van der Waals surface area contributed by atoms with Gasteiger partial charge in [-0.25, -0.2) is 5.43 Å². The Morgan fingerprint density at radius 3 is 2.76 bits per heavy atom. The number of thioether (sulfide) groups is 1. The first kappa shape index (κ1) is 14.9. The molecule has 1 heterocycles. The van der Waals surface area contributed by atoms with Crippen LogP contribution in [0.2, 0.25) is 0 Å². The van der Waals surface area contributed by atoms with Crippen molar-refractivity contribution >= 4 is 28.6 Å². The third-order valence-electron chi connectivity index (χ3n) is 6.01. The molecular weight excluding hydrogens is 286 g/mol. The summed E-state index contributed by atoms with van der Waals surface area (Å²) in [5.41, 5.74) is 4.15. The second-order valence-electron chi connectivity index (χ2n) is 7.12. The lowest BCUT2D eigenvalue weighted by Crippen LogP contribution is -2.37. The Kier molecular flexibility index (Phi) is 3.55. The summed E-state index contributed by atoms with van der Waals surface area (Å²) in [4.78, 5) is 25.0. The summed E-state index contributed by atoms with van der Waals surface area (Å²) in [6.07, 6.45) is 3.40. The molecule has 6 heteroatoms. The van der Waals surface area contributed by atoms with Crippen molar-refractivity contribution in [1.29, 1.82) is 0 Å². The van der Waals surface area contributed by atoms with Crippen LogP contribution >= 0.6 is 11.8 Å². The van der Waals surface area contributed by atoms with E-state index >= 15 is 0 Å². The Morgan fingerprint density at radius 2 is 2.24 bits per heavy atom. The third-order valence-corrected chi connectivity index (χ3v) is 6.90. The van der Waals surface area contributed by atoms with Crippen molar-refractivity contribution in [3.05, 3.63) is 0 Å². The number of hydrogen-bond donors (Lipinski definition) is 1. The third kappa shape index (κ3) is 2.28. The summed E-state index contributed by atoms with van der Waals surface area (Å²) in [6, 6.07) is 0. The molecule has 21 heavy (non-hydrogen) atoms. The zero-order chi connectivity index (χ0) is 15.3. The van der Waals surface area contributed by atoms with Gasteiger partial charge in [-0.3, -0.25) is 9.59 Å². The van der Waals surface area contributed by atoms with Crippen LogP contribution in [0.4, 0.5) is 4.79 Å². The summed E-state index contributed by atoms with van der Waals surface area (Å²) in [5, 5.41) is 4.40. The number of carbonyl (C=O) groups is 2. The van der Waals surface area contributed by atoms with Crippen molar-refractivity contribution in [2.24, 2.45) is 21.8 Å². The predicted molar refractivity (Wildman–Crippen MR) is 84.2 cm³/mol. The van der Waals surface area contributed by atoms with Gasteiger partial charge < -0.3 is 4.90 Å². The fourth-order valence-electron chi connectivity index (χ4n) is 4.01. The molecule has 2 aliphatic carbocycles. The lowest BCUT2D eigenvalue weighted by Gasteiger charge is -2.34. The fraction of sp³-hybridized carbons (Fsp3) is 0.800. The van der Waals surface area contributed by atoms with Crippen molar-refractivity contribution in [1.82, 2.24) is 10.3 Å². The molecule has 0 unspecified atom stereocenters. The number of amides is 2. The molecule has 5 nitrogen and oxygen atoms in total. The normalized spacial score (nSPS) is 35.8. The number of carbonyl (C=O) groups excluding carboxylic acids is 2. The molecule has 2 atom stereocenters. The maximum absolute atomic E-state index is 12.0. The van der Waals surface area contributed by atoms with E-state index in [4.69, 9.17) is 0 Å². The molecule has 1 saturated heterocycles. The number of nitrogens with one attached hydrogen (secondary N) is 1. The minimum atomic E-state index is -0.192. The fourth-order valence-corrected chi connectivity index (χ4v) is 4.83. The first-order valence-electron chi connectivity index (χ1n) is 7.62. The van der Waals surface area contributed by atoms with Crippen LogP contribution in [0.1, 0.15) is 40.0 Å². The van der Waals surface area contributed by atoms with Crippen LogP contribution in [0.25, 0.3) is 0 Å². The van der Waals surface area contributed by atoms with E-state index in [9.17, 15) is 9.59 Å². The van der Waals surface area contributed by atoms with Gasteiger partial charge in [-0.2, -0.15) is 5.10 Å². The SMILES string of the molecule is CC1(C)[C@@H]2CC[C@]1(C)/C(=N/NC(=O)CN1CCSC1=O)C2. The zero-order valence-corrected chi connectivity index (χ0v) is 13.8. The summed E-state index contributed by atoms with van der Waals surface area (Å²) < 4.78 is 0. The Bertz CT molecular complexity index is 517. The largest absolute Gasteiger partial charge is 0.323 e. The monoisotopic (exact) mass is 309 g/mol. The van der Waals surface area contributed by atoms with Gasteiger partial charge in [0.1, 0.15) is 6.54 Å². The molecule has 3 rings (SSSR count). The van der Waals surface area contributed by atoms with Crippen LogP contribution < -0.4 is 5.43 Å². The van der Waals surface area contributed by atoms with Gasteiger partial charge in [0.2, 0.25) is 0 Å². The smallest absolute Gasteiger partial charge is 0.282 e. The predicted octanol–water partition coefficient (Wildman–Crippen LogP) is 2.47. The van der Waals surface area contributed by atoms with Crippen LogP contribution in [0.5, 0.6) is 0 Å². The Labute approximate surface area is 129 Å². The van der Waals surface area contributed by atoms with Gasteiger partial charge in [-0.15, -0.1) is 0 Å². The van der Waals surface area contributed by atoms with Crippen molar-refractivity contribution < 1.29 is 9.59 Å². The number of nitrogens with zero attached hydrogens (tertiary/aromatic N) is 2. The first-order valence-corrected chi connectivity index (χ1v) is 8.61. The van der Waals surface area contributed by atoms with Gasteiger partial charge in [-0.05, 0) is 30.6 Å². The average Bonchev–Trinajstić information content (AvgIpc) is 2.97. The van der Waals surface area contributed by atoms with Crippen LogP contribution in [-0.2, 0) is 4.79 Å². The number of hydrazone groups is 1. The summed E-state index contributed by atoms with van der Waals surface area (Å²) in [5.74, 6) is 1.26. The standard InChI is InChI=1S/C15H23N3O2S/c1-14(2)10-4-5-15(14,3)11(8-10)16-17-12(19)9-18-6-7-21-13(18)20/h10H,4-9H2,1-3H3,(H,17,19)/b16-11+/t10-,15-/m1/s1. The van der Waals surface area contributed by atoms with E-state index in [0.29, 0.717) is 12.5 Å². The van der Waals surface area contributed by atoms with Crippen LogP contribution in [0.3, 0.4) is 0 Å². The van der Waals surface area contributed by atoms with Crippen LogP contribution in [0, 0.1) is 16.7 Å². The van der Waals surface area contributed by atoms with Crippen molar-refractivity contribution in [2.45, 2.75) is 40.0 Å². The zero-order valence-electron chi connectivity index (χ0n) is 12.9. The van der Waals surface area contributed by atoms with Gasteiger partial charge in [0.15, 0.2) is 0 Å².